The van der Waals surface area contributed by atoms with Gasteiger partial charge >= 0.3 is 0 Å². The third kappa shape index (κ3) is 4.60. The molecule has 0 saturated heterocycles. The van der Waals surface area contributed by atoms with Crippen LogP contribution in [-0.2, 0) is 4.74 Å². The Morgan fingerprint density at radius 3 is 2.15 bits per heavy atom. The maximum Gasteiger partial charge on any atom is 0.0791 e. The second kappa shape index (κ2) is 4.94. The quantitative estimate of drug-likeness (QED) is 0.634. The molecule has 0 aliphatic rings. The minimum Gasteiger partial charge on any atom is -0.388 e. The molecule has 1 unspecified atom stereocenters. The lowest BCUT2D eigenvalue weighted by Gasteiger charge is -2.37. The summed E-state index contributed by atoms with van der Waals surface area (Å²) in [6, 6.07) is 0. The molecular weight excluding hydrogens is 166 g/mol. The van der Waals surface area contributed by atoms with E-state index in [1.165, 1.54) is 0 Å². The van der Waals surface area contributed by atoms with Crippen LogP contribution < -0.4 is 5.32 Å². The zero-order valence-electron chi connectivity index (χ0n) is 9.48. The number of ether oxygens (including phenoxy) is 1. The van der Waals surface area contributed by atoms with Crippen molar-refractivity contribution in [1.29, 1.82) is 0 Å². The van der Waals surface area contributed by atoms with E-state index >= 15 is 0 Å². The van der Waals surface area contributed by atoms with Crippen molar-refractivity contribution >= 4 is 0 Å². The van der Waals surface area contributed by atoms with Gasteiger partial charge in [0.25, 0.3) is 0 Å². The SMILES string of the molecule is COCCNCC(C)(O)C(C)(C)C. The summed E-state index contributed by atoms with van der Waals surface area (Å²) in [7, 11) is 1.67. The minimum absolute atomic E-state index is 0.104. The largest absolute Gasteiger partial charge is 0.388 e. The van der Waals surface area contributed by atoms with Gasteiger partial charge in [0.05, 0.1) is 12.2 Å². The molecule has 0 fully saturated rings. The Morgan fingerprint density at radius 1 is 1.23 bits per heavy atom. The fourth-order valence-electron chi connectivity index (χ4n) is 0.771. The summed E-state index contributed by atoms with van der Waals surface area (Å²) in [5, 5.41) is 13.2. The van der Waals surface area contributed by atoms with E-state index in [-0.39, 0.29) is 5.41 Å². The molecule has 3 nitrogen and oxygen atoms in total. The van der Waals surface area contributed by atoms with Crippen LogP contribution >= 0.6 is 0 Å². The number of rotatable bonds is 5. The molecule has 0 saturated carbocycles. The van der Waals surface area contributed by atoms with Crippen LogP contribution in [-0.4, -0.2) is 37.5 Å². The molecule has 0 aromatic rings. The first-order valence-electron chi connectivity index (χ1n) is 4.73. The topological polar surface area (TPSA) is 41.5 Å². The minimum atomic E-state index is -0.680. The molecule has 80 valence electrons. The maximum absolute atomic E-state index is 10.0. The van der Waals surface area contributed by atoms with E-state index in [0.29, 0.717) is 13.2 Å². The van der Waals surface area contributed by atoms with Crippen molar-refractivity contribution in [1.82, 2.24) is 5.32 Å². The average molecular weight is 189 g/mol. The second-order valence-electron chi connectivity index (χ2n) is 4.69. The van der Waals surface area contributed by atoms with Crippen LogP contribution in [0.15, 0.2) is 0 Å². The molecule has 0 amide bonds. The Bertz CT molecular complexity index is 138. The first-order valence-corrected chi connectivity index (χ1v) is 4.73. The van der Waals surface area contributed by atoms with E-state index in [1.54, 1.807) is 7.11 Å². The molecule has 13 heavy (non-hydrogen) atoms. The van der Waals surface area contributed by atoms with Gasteiger partial charge < -0.3 is 15.2 Å². The van der Waals surface area contributed by atoms with Crippen molar-refractivity contribution in [3.63, 3.8) is 0 Å². The Morgan fingerprint density at radius 2 is 1.77 bits per heavy atom. The molecule has 0 aliphatic carbocycles. The molecule has 0 bridgehead atoms. The lowest BCUT2D eigenvalue weighted by molar-refractivity contribution is -0.0399. The van der Waals surface area contributed by atoms with Gasteiger partial charge in [-0.1, -0.05) is 20.8 Å². The molecule has 0 radical (unpaired) electrons. The van der Waals surface area contributed by atoms with Gasteiger partial charge in [-0.25, -0.2) is 0 Å². The molecule has 0 heterocycles. The monoisotopic (exact) mass is 189 g/mol. The molecule has 2 N–H and O–H groups in total. The van der Waals surface area contributed by atoms with Gasteiger partial charge in [0.2, 0.25) is 0 Å². The van der Waals surface area contributed by atoms with E-state index in [4.69, 9.17) is 4.74 Å². The van der Waals surface area contributed by atoms with Crippen LogP contribution in [0.25, 0.3) is 0 Å². The van der Waals surface area contributed by atoms with Crippen molar-refractivity contribution in [2.75, 3.05) is 26.8 Å². The third-order valence-electron chi connectivity index (χ3n) is 2.57. The number of nitrogens with one attached hydrogen (secondary N) is 1. The van der Waals surface area contributed by atoms with Crippen molar-refractivity contribution in [3.8, 4) is 0 Å². The summed E-state index contributed by atoms with van der Waals surface area (Å²) in [6.07, 6.45) is 0. The molecule has 0 aliphatic heterocycles. The predicted molar refractivity (Wildman–Crippen MR) is 54.8 cm³/mol. The highest BCUT2D eigenvalue weighted by Gasteiger charge is 2.34. The Hall–Kier alpha value is -0.120. The number of methoxy groups -OCH3 is 1. The summed E-state index contributed by atoms with van der Waals surface area (Å²) < 4.78 is 4.90. The standard InChI is InChI=1S/C10H23NO2/c1-9(2,3)10(4,12)8-11-6-7-13-5/h11-12H,6-8H2,1-5H3. The van der Waals surface area contributed by atoms with Crippen molar-refractivity contribution in [2.24, 2.45) is 5.41 Å². The lowest BCUT2D eigenvalue weighted by Crippen LogP contribution is -2.48. The summed E-state index contributed by atoms with van der Waals surface area (Å²) in [5.41, 5.74) is -0.784. The van der Waals surface area contributed by atoms with Crippen LogP contribution in [0.4, 0.5) is 0 Å². The third-order valence-corrected chi connectivity index (χ3v) is 2.57. The van der Waals surface area contributed by atoms with E-state index < -0.39 is 5.60 Å². The molecule has 0 aromatic carbocycles. The zero-order chi connectivity index (χ0) is 10.5. The van der Waals surface area contributed by atoms with E-state index in [0.717, 1.165) is 6.54 Å². The van der Waals surface area contributed by atoms with E-state index in [9.17, 15) is 5.11 Å². The van der Waals surface area contributed by atoms with Gasteiger partial charge in [-0.05, 0) is 12.3 Å². The van der Waals surface area contributed by atoms with Crippen LogP contribution in [0, 0.1) is 5.41 Å². The Labute approximate surface area is 81.5 Å². The summed E-state index contributed by atoms with van der Waals surface area (Å²) in [5.74, 6) is 0. The highest BCUT2D eigenvalue weighted by atomic mass is 16.5. The van der Waals surface area contributed by atoms with E-state index in [2.05, 4.69) is 5.32 Å². The van der Waals surface area contributed by atoms with Gasteiger partial charge in [-0.3, -0.25) is 0 Å². The Kier molecular flexibility index (Phi) is 4.89. The van der Waals surface area contributed by atoms with Crippen molar-refractivity contribution in [2.45, 2.75) is 33.3 Å². The van der Waals surface area contributed by atoms with E-state index in [1.807, 2.05) is 27.7 Å². The molecular formula is C10H23NO2. The lowest BCUT2D eigenvalue weighted by atomic mass is 9.78. The fourth-order valence-corrected chi connectivity index (χ4v) is 0.771. The van der Waals surface area contributed by atoms with Crippen LogP contribution in [0.3, 0.4) is 0 Å². The summed E-state index contributed by atoms with van der Waals surface area (Å²) >= 11 is 0. The summed E-state index contributed by atoms with van der Waals surface area (Å²) in [4.78, 5) is 0. The average Bonchev–Trinajstić information content (AvgIpc) is 1.96. The number of aliphatic hydroxyl groups is 1. The van der Waals surface area contributed by atoms with Crippen LogP contribution in [0.5, 0.6) is 0 Å². The number of hydrogen-bond acceptors (Lipinski definition) is 3. The van der Waals surface area contributed by atoms with Crippen molar-refractivity contribution < 1.29 is 9.84 Å². The first kappa shape index (κ1) is 12.9. The molecule has 0 rings (SSSR count). The maximum atomic E-state index is 10.0. The molecule has 0 spiro atoms. The molecule has 1 atom stereocenters. The van der Waals surface area contributed by atoms with Crippen LogP contribution in [0.1, 0.15) is 27.7 Å². The highest BCUT2D eigenvalue weighted by Crippen LogP contribution is 2.28. The smallest absolute Gasteiger partial charge is 0.0791 e. The first-order chi connectivity index (χ1) is 5.81. The van der Waals surface area contributed by atoms with Crippen molar-refractivity contribution in [3.05, 3.63) is 0 Å². The number of hydrogen-bond donors (Lipinski definition) is 2. The Balaban J connectivity index is 3.77. The fraction of sp³-hybridized carbons (Fsp3) is 1.00. The van der Waals surface area contributed by atoms with Gasteiger partial charge in [0.15, 0.2) is 0 Å². The highest BCUT2D eigenvalue weighted by molar-refractivity contribution is 4.87. The van der Waals surface area contributed by atoms with Gasteiger partial charge in [-0.15, -0.1) is 0 Å². The predicted octanol–water partition coefficient (Wildman–Crippen LogP) is 1.02. The normalized spacial score (nSPS) is 17.1. The molecule has 3 heteroatoms. The second-order valence-corrected chi connectivity index (χ2v) is 4.69. The van der Waals surface area contributed by atoms with Gasteiger partial charge in [-0.2, -0.15) is 0 Å². The summed E-state index contributed by atoms with van der Waals surface area (Å²) in [6.45, 7) is 10.0. The molecule has 0 aromatic heterocycles. The van der Waals surface area contributed by atoms with Gasteiger partial charge in [0.1, 0.15) is 0 Å². The van der Waals surface area contributed by atoms with Crippen LogP contribution in [0.2, 0.25) is 0 Å². The van der Waals surface area contributed by atoms with Gasteiger partial charge in [0, 0.05) is 20.2 Å². The zero-order valence-corrected chi connectivity index (χ0v) is 9.48.